The molecule has 0 bridgehead atoms. The zero-order valence-electron chi connectivity index (χ0n) is 12.2. The van der Waals surface area contributed by atoms with Crippen LogP contribution in [-0.2, 0) is 6.54 Å². The molecule has 0 aliphatic carbocycles. The first-order valence-corrected chi connectivity index (χ1v) is 6.78. The Bertz CT molecular complexity index is 544. The van der Waals surface area contributed by atoms with E-state index in [2.05, 4.69) is 61.4 Å². The largest absolute Gasteiger partial charge is 0.306 e. The molecule has 1 atom stereocenters. The average Bonchev–Trinajstić information content (AvgIpc) is 2.40. The van der Waals surface area contributed by atoms with Crippen LogP contribution in [0.5, 0.6) is 0 Å². The quantitative estimate of drug-likeness (QED) is 0.896. The third kappa shape index (κ3) is 3.65. The van der Waals surface area contributed by atoms with Gasteiger partial charge in [0, 0.05) is 24.5 Å². The third-order valence-corrected chi connectivity index (χ3v) is 3.49. The second kappa shape index (κ2) is 5.98. The van der Waals surface area contributed by atoms with Crippen molar-refractivity contribution >= 4 is 0 Å². The molecule has 100 valence electrons. The molecule has 2 aromatic rings. The van der Waals surface area contributed by atoms with Crippen molar-refractivity contribution in [2.24, 2.45) is 0 Å². The highest BCUT2D eigenvalue weighted by atomic mass is 14.9. The number of benzene rings is 1. The van der Waals surface area contributed by atoms with Gasteiger partial charge in [0.2, 0.25) is 0 Å². The van der Waals surface area contributed by atoms with Gasteiger partial charge in [-0.15, -0.1) is 0 Å². The summed E-state index contributed by atoms with van der Waals surface area (Å²) in [6.07, 6.45) is 1.94. The predicted molar refractivity (Wildman–Crippen MR) is 80.1 cm³/mol. The number of rotatable bonds is 4. The number of hydrogen-bond acceptors (Lipinski definition) is 2. The zero-order chi connectivity index (χ0) is 13.8. The molecule has 19 heavy (non-hydrogen) atoms. The molecule has 0 aliphatic heterocycles. The Hall–Kier alpha value is -1.67. The summed E-state index contributed by atoms with van der Waals surface area (Å²) in [5, 5.41) is 3.56. The summed E-state index contributed by atoms with van der Waals surface area (Å²) >= 11 is 0. The molecule has 0 radical (unpaired) electrons. The van der Waals surface area contributed by atoms with Gasteiger partial charge in [-0.05, 0) is 50.5 Å². The van der Waals surface area contributed by atoms with Crippen molar-refractivity contribution in [2.75, 3.05) is 0 Å². The fourth-order valence-electron chi connectivity index (χ4n) is 2.21. The molecule has 1 aromatic heterocycles. The highest BCUT2D eigenvalue weighted by Crippen LogP contribution is 2.19. The van der Waals surface area contributed by atoms with E-state index in [0.717, 1.165) is 12.2 Å². The minimum absolute atomic E-state index is 0.348. The molecule has 1 aromatic carbocycles. The summed E-state index contributed by atoms with van der Waals surface area (Å²) in [4.78, 5) is 4.32. The van der Waals surface area contributed by atoms with Gasteiger partial charge in [-0.1, -0.05) is 29.8 Å². The Morgan fingerprint density at radius 1 is 1.11 bits per heavy atom. The number of nitrogens with zero attached hydrogens (tertiary/aromatic N) is 1. The van der Waals surface area contributed by atoms with E-state index in [0.29, 0.717) is 6.04 Å². The molecule has 0 amide bonds. The average molecular weight is 254 g/mol. The smallest absolute Gasteiger partial charge is 0.0372 e. The molecule has 1 heterocycles. The van der Waals surface area contributed by atoms with Crippen molar-refractivity contribution in [3.8, 4) is 0 Å². The van der Waals surface area contributed by atoms with Crippen molar-refractivity contribution in [3.05, 3.63) is 64.5 Å². The van der Waals surface area contributed by atoms with Crippen molar-refractivity contribution in [3.63, 3.8) is 0 Å². The highest BCUT2D eigenvalue weighted by Gasteiger charge is 2.08. The summed E-state index contributed by atoms with van der Waals surface area (Å²) < 4.78 is 0. The Balaban J connectivity index is 2.03. The van der Waals surface area contributed by atoms with Gasteiger partial charge < -0.3 is 5.32 Å². The highest BCUT2D eigenvalue weighted by molar-refractivity contribution is 5.32. The molecule has 0 fully saturated rings. The summed E-state index contributed by atoms with van der Waals surface area (Å²) in [6.45, 7) is 9.38. The van der Waals surface area contributed by atoms with Gasteiger partial charge in [0.05, 0.1) is 0 Å². The molecule has 2 nitrogen and oxygen atoms in total. The minimum atomic E-state index is 0.348. The van der Waals surface area contributed by atoms with Crippen LogP contribution in [0.1, 0.15) is 40.9 Å². The van der Waals surface area contributed by atoms with Crippen LogP contribution in [-0.4, -0.2) is 4.98 Å². The van der Waals surface area contributed by atoms with Gasteiger partial charge in [0.25, 0.3) is 0 Å². The van der Waals surface area contributed by atoms with Crippen LogP contribution in [0.2, 0.25) is 0 Å². The van der Waals surface area contributed by atoms with E-state index >= 15 is 0 Å². The standard InChI is InChI=1S/C17H22N2/c1-12-5-6-13(2)17(9-12)15(4)19-11-16-8-7-14(3)18-10-16/h5-10,15,19H,11H2,1-4H3. The second-order valence-electron chi connectivity index (χ2n) is 5.27. The maximum absolute atomic E-state index is 4.32. The van der Waals surface area contributed by atoms with E-state index < -0.39 is 0 Å². The second-order valence-corrected chi connectivity index (χ2v) is 5.27. The first-order valence-electron chi connectivity index (χ1n) is 6.78. The Morgan fingerprint density at radius 3 is 2.58 bits per heavy atom. The summed E-state index contributed by atoms with van der Waals surface area (Å²) in [7, 11) is 0. The zero-order valence-corrected chi connectivity index (χ0v) is 12.2. The molecule has 1 unspecified atom stereocenters. The summed E-state index contributed by atoms with van der Waals surface area (Å²) in [5.74, 6) is 0. The number of pyridine rings is 1. The first kappa shape index (κ1) is 13.8. The molecule has 0 aliphatic rings. The Morgan fingerprint density at radius 2 is 1.89 bits per heavy atom. The maximum Gasteiger partial charge on any atom is 0.0372 e. The van der Waals surface area contributed by atoms with Gasteiger partial charge in [0.1, 0.15) is 0 Å². The minimum Gasteiger partial charge on any atom is -0.306 e. The molecule has 1 N–H and O–H groups in total. The Kier molecular flexibility index (Phi) is 4.33. The van der Waals surface area contributed by atoms with Crippen LogP contribution in [0.4, 0.5) is 0 Å². The van der Waals surface area contributed by atoms with Gasteiger partial charge >= 0.3 is 0 Å². The van der Waals surface area contributed by atoms with Crippen molar-refractivity contribution in [2.45, 2.75) is 40.3 Å². The van der Waals surface area contributed by atoms with Crippen molar-refractivity contribution < 1.29 is 0 Å². The van der Waals surface area contributed by atoms with Gasteiger partial charge in [-0.2, -0.15) is 0 Å². The van der Waals surface area contributed by atoms with Crippen LogP contribution in [0.3, 0.4) is 0 Å². The van der Waals surface area contributed by atoms with Crippen LogP contribution in [0.25, 0.3) is 0 Å². The van der Waals surface area contributed by atoms with Gasteiger partial charge in [-0.3, -0.25) is 4.98 Å². The van der Waals surface area contributed by atoms with E-state index in [4.69, 9.17) is 0 Å². The van der Waals surface area contributed by atoms with E-state index in [1.165, 1.54) is 22.3 Å². The fourth-order valence-corrected chi connectivity index (χ4v) is 2.21. The lowest BCUT2D eigenvalue weighted by atomic mass is 10.00. The molecular weight excluding hydrogens is 232 g/mol. The lowest BCUT2D eigenvalue weighted by Crippen LogP contribution is -2.19. The van der Waals surface area contributed by atoms with E-state index in [-0.39, 0.29) is 0 Å². The van der Waals surface area contributed by atoms with Crippen molar-refractivity contribution in [1.82, 2.24) is 10.3 Å². The lowest BCUT2D eigenvalue weighted by molar-refractivity contribution is 0.571. The third-order valence-electron chi connectivity index (χ3n) is 3.49. The molecular formula is C17H22N2. The molecule has 2 heteroatoms. The lowest BCUT2D eigenvalue weighted by Gasteiger charge is -2.17. The number of aromatic nitrogens is 1. The maximum atomic E-state index is 4.32. The summed E-state index contributed by atoms with van der Waals surface area (Å²) in [6, 6.07) is 11.2. The van der Waals surface area contributed by atoms with Crippen LogP contribution >= 0.6 is 0 Å². The van der Waals surface area contributed by atoms with Crippen LogP contribution < -0.4 is 5.32 Å². The van der Waals surface area contributed by atoms with Crippen LogP contribution in [0, 0.1) is 20.8 Å². The van der Waals surface area contributed by atoms with E-state index in [9.17, 15) is 0 Å². The Labute approximate surface area is 115 Å². The SMILES string of the molecule is Cc1ccc(C)c(C(C)NCc2ccc(C)nc2)c1. The molecule has 0 saturated heterocycles. The number of hydrogen-bond donors (Lipinski definition) is 1. The molecule has 0 saturated carbocycles. The molecule has 0 spiro atoms. The molecule has 2 rings (SSSR count). The number of nitrogens with one attached hydrogen (secondary N) is 1. The topological polar surface area (TPSA) is 24.9 Å². The first-order chi connectivity index (χ1) is 9.06. The summed E-state index contributed by atoms with van der Waals surface area (Å²) in [5.41, 5.74) is 6.31. The van der Waals surface area contributed by atoms with Gasteiger partial charge in [0.15, 0.2) is 0 Å². The van der Waals surface area contributed by atoms with Crippen molar-refractivity contribution in [1.29, 1.82) is 0 Å². The van der Waals surface area contributed by atoms with Gasteiger partial charge in [-0.25, -0.2) is 0 Å². The fraction of sp³-hybridized carbons (Fsp3) is 0.353. The predicted octanol–water partition coefficient (Wildman–Crippen LogP) is 3.86. The monoisotopic (exact) mass is 254 g/mol. The van der Waals surface area contributed by atoms with E-state index in [1.54, 1.807) is 0 Å². The number of aryl methyl sites for hydroxylation is 3. The normalized spacial score (nSPS) is 12.4. The van der Waals surface area contributed by atoms with Crippen LogP contribution in [0.15, 0.2) is 36.5 Å². The van der Waals surface area contributed by atoms with E-state index in [1.807, 2.05) is 13.1 Å².